The molecule has 3 atom stereocenters. The Morgan fingerprint density at radius 2 is 1.91 bits per heavy atom. The second-order valence-electron chi connectivity index (χ2n) is 6.78. The zero-order chi connectivity index (χ0) is 16.4. The second kappa shape index (κ2) is 6.71. The average molecular weight is 315 g/mol. The van der Waals surface area contributed by atoms with Gasteiger partial charge in [0.2, 0.25) is 11.8 Å². The molecular formula is C18H25N3O2. The summed E-state index contributed by atoms with van der Waals surface area (Å²) in [6, 6.07) is 5.95. The maximum atomic E-state index is 12.3. The predicted octanol–water partition coefficient (Wildman–Crippen LogP) is 2.03. The van der Waals surface area contributed by atoms with Crippen LogP contribution in [-0.2, 0) is 9.59 Å². The molecule has 2 aliphatic rings. The molecule has 2 fully saturated rings. The van der Waals surface area contributed by atoms with Crippen molar-refractivity contribution in [3.8, 4) is 0 Å². The number of hydrogen-bond donors (Lipinski definition) is 3. The summed E-state index contributed by atoms with van der Waals surface area (Å²) in [7, 11) is 0. The van der Waals surface area contributed by atoms with E-state index in [9.17, 15) is 9.59 Å². The topological polar surface area (TPSA) is 70.2 Å². The number of nitrogens with one attached hydrogen (secondary N) is 3. The molecule has 3 N–H and O–H groups in total. The summed E-state index contributed by atoms with van der Waals surface area (Å²) >= 11 is 0. The van der Waals surface area contributed by atoms with Crippen molar-refractivity contribution >= 4 is 17.5 Å². The standard InChI is InChI=1S/C18H25N3O2/c1-11-7-8-13(9-12(11)2)19-17(22)10-16-18(23)21-15-6-4-3-5-14(15)20-16/h7-9,14-16,20H,3-6,10H2,1-2H3,(H,19,22)(H,21,23)/t14-,15+,16-/m0/s1. The van der Waals surface area contributed by atoms with Crippen LogP contribution in [0.3, 0.4) is 0 Å². The first-order chi connectivity index (χ1) is 11.0. The first-order valence-corrected chi connectivity index (χ1v) is 8.46. The van der Waals surface area contributed by atoms with E-state index in [1.807, 2.05) is 32.0 Å². The zero-order valence-electron chi connectivity index (χ0n) is 13.8. The smallest absolute Gasteiger partial charge is 0.237 e. The van der Waals surface area contributed by atoms with Crippen LogP contribution in [0, 0.1) is 13.8 Å². The lowest BCUT2D eigenvalue weighted by Gasteiger charge is -2.40. The van der Waals surface area contributed by atoms with Gasteiger partial charge in [-0.3, -0.25) is 9.59 Å². The molecule has 0 spiro atoms. The number of carbonyl (C=O) groups excluding carboxylic acids is 2. The lowest BCUT2D eigenvalue weighted by atomic mass is 9.87. The van der Waals surface area contributed by atoms with Gasteiger partial charge in [-0.05, 0) is 49.9 Å². The third kappa shape index (κ3) is 3.72. The number of carbonyl (C=O) groups is 2. The highest BCUT2D eigenvalue weighted by atomic mass is 16.2. The molecule has 3 rings (SSSR count). The van der Waals surface area contributed by atoms with Crippen LogP contribution in [0.15, 0.2) is 18.2 Å². The summed E-state index contributed by atoms with van der Waals surface area (Å²) in [5.74, 6) is -0.182. The Hall–Kier alpha value is -1.88. The summed E-state index contributed by atoms with van der Waals surface area (Å²) in [6.45, 7) is 4.06. The Kier molecular flexibility index (Phi) is 4.66. The molecular weight excluding hydrogens is 290 g/mol. The minimum absolute atomic E-state index is 0.0524. The Labute approximate surface area is 137 Å². The summed E-state index contributed by atoms with van der Waals surface area (Å²) in [5.41, 5.74) is 3.12. The van der Waals surface area contributed by atoms with Gasteiger partial charge >= 0.3 is 0 Å². The van der Waals surface area contributed by atoms with Crippen LogP contribution in [-0.4, -0.2) is 29.9 Å². The summed E-state index contributed by atoms with van der Waals surface area (Å²) in [4.78, 5) is 24.4. The SMILES string of the molecule is Cc1ccc(NC(=O)C[C@@H]2N[C@H]3CCCC[C@H]3NC2=O)cc1C. The van der Waals surface area contributed by atoms with Gasteiger partial charge in [-0.1, -0.05) is 18.9 Å². The first-order valence-electron chi connectivity index (χ1n) is 8.46. The third-order valence-corrected chi connectivity index (χ3v) is 5.01. The van der Waals surface area contributed by atoms with Crippen LogP contribution in [0.5, 0.6) is 0 Å². The monoisotopic (exact) mass is 315 g/mol. The van der Waals surface area contributed by atoms with Crippen molar-refractivity contribution in [2.45, 2.75) is 64.1 Å². The number of anilines is 1. The molecule has 0 radical (unpaired) electrons. The van der Waals surface area contributed by atoms with Gasteiger partial charge < -0.3 is 16.0 Å². The lowest BCUT2D eigenvalue weighted by molar-refractivity contribution is -0.129. The Bertz CT molecular complexity index is 614. The number of rotatable bonds is 3. The molecule has 5 nitrogen and oxygen atoms in total. The van der Waals surface area contributed by atoms with Crippen molar-refractivity contribution in [1.82, 2.24) is 10.6 Å². The quantitative estimate of drug-likeness (QED) is 0.799. The van der Waals surface area contributed by atoms with E-state index in [1.165, 1.54) is 18.4 Å². The molecule has 5 heteroatoms. The highest BCUT2D eigenvalue weighted by Crippen LogP contribution is 2.22. The molecule has 1 aliphatic heterocycles. The molecule has 0 aromatic heterocycles. The first kappa shape index (κ1) is 16.0. The van der Waals surface area contributed by atoms with Crippen molar-refractivity contribution in [1.29, 1.82) is 0 Å². The fourth-order valence-electron chi connectivity index (χ4n) is 3.49. The van der Waals surface area contributed by atoms with E-state index in [4.69, 9.17) is 0 Å². The fourth-order valence-corrected chi connectivity index (χ4v) is 3.49. The lowest BCUT2D eigenvalue weighted by Crippen LogP contribution is -2.65. The van der Waals surface area contributed by atoms with Gasteiger partial charge in [0.15, 0.2) is 0 Å². The minimum atomic E-state index is -0.430. The maximum Gasteiger partial charge on any atom is 0.237 e. The number of aryl methyl sites for hydroxylation is 2. The Morgan fingerprint density at radius 1 is 1.17 bits per heavy atom. The fraction of sp³-hybridized carbons (Fsp3) is 0.556. The zero-order valence-corrected chi connectivity index (χ0v) is 13.8. The Balaban J connectivity index is 1.58. The number of fused-ring (bicyclic) bond motifs is 1. The van der Waals surface area contributed by atoms with Crippen molar-refractivity contribution in [3.05, 3.63) is 29.3 Å². The van der Waals surface area contributed by atoms with Crippen LogP contribution in [0.1, 0.15) is 43.2 Å². The molecule has 0 unspecified atom stereocenters. The van der Waals surface area contributed by atoms with Crippen molar-refractivity contribution in [2.75, 3.05) is 5.32 Å². The van der Waals surface area contributed by atoms with Gasteiger partial charge in [0.25, 0.3) is 0 Å². The van der Waals surface area contributed by atoms with E-state index >= 15 is 0 Å². The van der Waals surface area contributed by atoms with E-state index in [0.717, 1.165) is 24.1 Å². The molecule has 1 heterocycles. The van der Waals surface area contributed by atoms with Crippen molar-refractivity contribution in [3.63, 3.8) is 0 Å². The molecule has 1 aromatic carbocycles. The number of amides is 2. The van der Waals surface area contributed by atoms with E-state index < -0.39 is 6.04 Å². The highest BCUT2D eigenvalue weighted by Gasteiger charge is 2.36. The van der Waals surface area contributed by atoms with Gasteiger partial charge in [0.05, 0.1) is 12.5 Å². The van der Waals surface area contributed by atoms with Crippen LogP contribution in [0.2, 0.25) is 0 Å². The minimum Gasteiger partial charge on any atom is -0.350 e. The molecule has 1 saturated heterocycles. The van der Waals surface area contributed by atoms with Crippen LogP contribution in [0.4, 0.5) is 5.69 Å². The molecule has 23 heavy (non-hydrogen) atoms. The van der Waals surface area contributed by atoms with E-state index in [0.29, 0.717) is 6.04 Å². The molecule has 1 saturated carbocycles. The van der Waals surface area contributed by atoms with Gasteiger partial charge in [-0.15, -0.1) is 0 Å². The number of hydrogen-bond acceptors (Lipinski definition) is 3. The van der Waals surface area contributed by atoms with E-state index in [2.05, 4.69) is 16.0 Å². The van der Waals surface area contributed by atoms with Crippen LogP contribution in [0.25, 0.3) is 0 Å². The normalized spacial score (nSPS) is 27.0. The van der Waals surface area contributed by atoms with E-state index in [1.54, 1.807) is 0 Å². The average Bonchev–Trinajstić information content (AvgIpc) is 2.51. The molecule has 1 aromatic rings. The third-order valence-electron chi connectivity index (χ3n) is 5.01. The summed E-state index contributed by atoms with van der Waals surface area (Å²) in [6.07, 6.45) is 4.62. The predicted molar refractivity (Wildman–Crippen MR) is 90.3 cm³/mol. The van der Waals surface area contributed by atoms with Crippen molar-refractivity contribution < 1.29 is 9.59 Å². The summed E-state index contributed by atoms with van der Waals surface area (Å²) in [5, 5.41) is 9.33. The van der Waals surface area contributed by atoms with Crippen LogP contribution >= 0.6 is 0 Å². The van der Waals surface area contributed by atoms with Crippen LogP contribution < -0.4 is 16.0 Å². The van der Waals surface area contributed by atoms with Gasteiger partial charge in [0.1, 0.15) is 0 Å². The van der Waals surface area contributed by atoms with Gasteiger partial charge in [0, 0.05) is 17.8 Å². The summed E-state index contributed by atoms with van der Waals surface area (Å²) < 4.78 is 0. The van der Waals surface area contributed by atoms with Gasteiger partial charge in [-0.25, -0.2) is 0 Å². The second-order valence-corrected chi connectivity index (χ2v) is 6.78. The Morgan fingerprint density at radius 3 is 2.65 bits per heavy atom. The number of benzene rings is 1. The van der Waals surface area contributed by atoms with Crippen molar-refractivity contribution in [2.24, 2.45) is 0 Å². The van der Waals surface area contributed by atoms with Gasteiger partial charge in [-0.2, -0.15) is 0 Å². The molecule has 124 valence electrons. The number of piperazine rings is 1. The molecule has 0 bridgehead atoms. The maximum absolute atomic E-state index is 12.3. The largest absolute Gasteiger partial charge is 0.350 e. The van der Waals surface area contributed by atoms with E-state index in [-0.39, 0.29) is 24.3 Å². The molecule has 1 aliphatic carbocycles. The molecule has 2 amide bonds. The highest BCUT2D eigenvalue weighted by molar-refractivity contribution is 5.95.